The lowest BCUT2D eigenvalue weighted by Crippen LogP contribution is -2.24. The van der Waals surface area contributed by atoms with Gasteiger partial charge in [-0.2, -0.15) is 0 Å². The maximum atomic E-state index is 11.7. The van der Waals surface area contributed by atoms with E-state index < -0.39 is 0 Å². The van der Waals surface area contributed by atoms with Gasteiger partial charge in [0, 0.05) is 29.5 Å². The summed E-state index contributed by atoms with van der Waals surface area (Å²) in [5, 5.41) is -0.0688. The van der Waals surface area contributed by atoms with Crippen molar-refractivity contribution >= 4 is 33.4 Å². The fraction of sp³-hybridized carbons (Fsp3) is 0.417. The first-order chi connectivity index (χ1) is 8.10. The lowest BCUT2D eigenvalue weighted by molar-refractivity contribution is -0.128. The SMILES string of the molecule is COc1ccc(Br)cc1CN1CC(Cl)CC1=O. The summed E-state index contributed by atoms with van der Waals surface area (Å²) in [7, 11) is 1.63. The Labute approximate surface area is 114 Å². The zero-order valence-electron chi connectivity index (χ0n) is 9.45. The molecule has 1 atom stereocenters. The zero-order valence-corrected chi connectivity index (χ0v) is 11.8. The van der Waals surface area contributed by atoms with E-state index in [1.54, 1.807) is 12.0 Å². The van der Waals surface area contributed by atoms with Gasteiger partial charge in [-0.25, -0.2) is 0 Å². The summed E-state index contributed by atoms with van der Waals surface area (Å²) < 4.78 is 6.26. The number of halogens is 2. The molecule has 5 heteroatoms. The number of likely N-dealkylation sites (tertiary alicyclic amines) is 1. The maximum Gasteiger partial charge on any atom is 0.224 e. The summed E-state index contributed by atoms with van der Waals surface area (Å²) in [5.41, 5.74) is 0.987. The third kappa shape index (κ3) is 2.93. The molecule has 3 nitrogen and oxygen atoms in total. The second-order valence-electron chi connectivity index (χ2n) is 4.03. The van der Waals surface area contributed by atoms with Crippen LogP contribution in [0.2, 0.25) is 0 Å². The number of carbonyl (C=O) groups is 1. The highest BCUT2D eigenvalue weighted by Gasteiger charge is 2.28. The standard InChI is InChI=1S/C12H13BrClNO2/c1-17-11-3-2-9(13)4-8(11)6-15-7-10(14)5-12(15)16/h2-4,10H,5-7H2,1H3. The van der Waals surface area contributed by atoms with Crippen LogP contribution in [0.15, 0.2) is 22.7 Å². The molecule has 1 heterocycles. The molecule has 1 saturated heterocycles. The Morgan fingerprint density at radius 3 is 2.94 bits per heavy atom. The molecule has 0 spiro atoms. The Morgan fingerprint density at radius 2 is 2.35 bits per heavy atom. The second kappa shape index (κ2) is 5.27. The van der Waals surface area contributed by atoms with Crippen molar-refractivity contribution in [1.29, 1.82) is 0 Å². The number of benzene rings is 1. The van der Waals surface area contributed by atoms with Gasteiger partial charge in [-0.15, -0.1) is 11.6 Å². The van der Waals surface area contributed by atoms with E-state index in [0.717, 1.165) is 15.8 Å². The molecule has 0 aliphatic carbocycles. The summed E-state index contributed by atoms with van der Waals surface area (Å²) in [6, 6.07) is 5.77. The molecule has 0 aromatic heterocycles. The summed E-state index contributed by atoms with van der Waals surface area (Å²) in [4.78, 5) is 13.4. The molecular formula is C12H13BrClNO2. The largest absolute Gasteiger partial charge is 0.496 e. The van der Waals surface area contributed by atoms with Gasteiger partial charge in [0.05, 0.1) is 12.5 Å². The van der Waals surface area contributed by atoms with Crippen molar-refractivity contribution in [2.24, 2.45) is 0 Å². The number of hydrogen-bond donors (Lipinski definition) is 0. The molecule has 1 aliphatic rings. The van der Waals surface area contributed by atoms with Crippen molar-refractivity contribution in [3.05, 3.63) is 28.2 Å². The van der Waals surface area contributed by atoms with Gasteiger partial charge in [0.15, 0.2) is 0 Å². The number of alkyl halides is 1. The Kier molecular flexibility index (Phi) is 3.94. The fourth-order valence-corrected chi connectivity index (χ4v) is 2.66. The summed E-state index contributed by atoms with van der Waals surface area (Å²) in [5.74, 6) is 0.894. The van der Waals surface area contributed by atoms with Crippen LogP contribution in [-0.4, -0.2) is 29.8 Å². The van der Waals surface area contributed by atoms with E-state index in [2.05, 4.69) is 15.9 Å². The third-order valence-electron chi connectivity index (χ3n) is 2.77. The average Bonchev–Trinajstić information content (AvgIpc) is 2.58. The Morgan fingerprint density at radius 1 is 1.59 bits per heavy atom. The van der Waals surface area contributed by atoms with Crippen molar-refractivity contribution in [3.63, 3.8) is 0 Å². The van der Waals surface area contributed by atoms with Crippen LogP contribution in [0.5, 0.6) is 5.75 Å². The van der Waals surface area contributed by atoms with Gasteiger partial charge in [-0.05, 0) is 18.2 Å². The third-order valence-corrected chi connectivity index (χ3v) is 3.56. The van der Waals surface area contributed by atoms with Crippen molar-refractivity contribution in [2.75, 3.05) is 13.7 Å². The number of methoxy groups -OCH3 is 1. The van der Waals surface area contributed by atoms with E-state index in [9.17, 15) is 4.79 Å². The molecule has 1 aliphatic heterocycles. The molecular weight excluding hydrogens is 305 g/mol. The highest BCUT2D eigenvalue weighted by atomic mass is 79.9. The zero-order chi connectivity index (χ0) is 12.4. The van der Waals surface area contributed by atoms with E-state index in [4.69, 9.17) is 16.3 Å². The first-order valence-electron chi connectivity index (χ1n) is 5.34. The van der Waals surface area contributed by atoms with Crippen molar-refractivity contribution < 1.29 is 9.53 Å². The molecule has 17 heavy (non-hydrogen) atoms. The van der Waals surface area contributed by atoms with Gasteiger partial charge >= 0.3 is 0 Å². The van der Waals surface area contributed by atoms with E-state index in [-0.39, 0.29) is 11.3 Å². The number of rotatable bonds is 3. The Bertz CT molecular complexity index is 439. The predicted octanol–water partition coefficient (Wildman–Crippen LogP) is 2.80. The van der Waals surface area contributed by atoms with Crippen LogP contribution in [0.1, 0.15) is 12.0 Å². The number of carbonyl (C=O) groups excluding carboxylic acids is 1. The van der Waals surface area contributed by atoms with Crippen molar-refractivity contribution in [1.82, 2.24) is 4.90 Å². The second-order valence-corrected chi connectivity index (χ2v) is 5.56. The first-order valence-corrected chi connectivity index (χ1v) is 6.57. The molecule has 1 aromatic rings. The molecule has 92 valence electrons. The highest BCUT2D eigenvalue weighted by molar-refractivity contribution is 9.10. The summed E-state index contributed by atoms with van der Waals surface area (Å²) >= 11 is 9.39. The maximum absolute atomic E-state index is 11.7. The monoisotopic (exact) mass is 317 g/mol. The summed E-state index contributed by atoms with van der Waals surface area (Å²) in [6.07, 6.45) is 0.428. The Hall–Kier alpha value is -0.740. The van der Waals surface area contributed by atoms with Crippen LogP contribution >= 0.6 is 27.5 Å². The van der Waals surface area contributed by atoms with E-state index in [1.807, 2.05) is 18.2 Å². The lowest BCUT2D eigenvalue weighted by Gasteiger charge is -2.18. The van der Waals surface area contributed by atoms with Crippen LogP contribution < -0.4 is 4.74 Å². The number of hydrogen-bond acceptors (Lipinski definition) is 2. The Balaban J connectivity index is 2.18. The van der Waals surface area contributed by atoms with Gasteiger partial charge in [-0.1, -0.05) is 15.9 Å². The van der Waals surface area contributed by atoms with Crippen LogP contribution in [-0.2, 0) is 11.3 Å². The quantitative estimate of drug-likeness (QED) is 0.802. The van der Waals surface area contributed by atoms with E-state index in [1.165, 1.54) is 0 Å². The minimum absolute atomic E-state index is 0.0688. The molecule has 0 bridgehead atoms. The van der Waals surface area contributed by atoms with Crippen molar-refractivity contribution in [3.8, 4) is 5.75 Å². The molecule has 1 unspecified atom stereocenters. The average molecular weight is 319 g/mol. The molecule has 0 N–H and O–H groups in total. The number of ether oxygens (including phenoxy) is 1. The van der Waals surface area contributed by atoms with Gasteiger partial charge in [0.25, 0.3) is 0 Å². The first kappa shape index (κ1) is 12.7. The highest BCUT2D eigenvalue weighted by Crippen LogP contribution is 2.26. The normalized spacial score (nSPS) is 19.8. The van der Waals surface area contributed by atoms with Gasteiger partial charge < -0.3 is 9.64 Å². The summed E-state index contributed by atoms with van der Waals surface area (Å²) in [6.45, 7) is 1.15. The van der Waals surface area contributed by atoms with Crippen LogP contribution in [0.25, 0.3) is 0 Å². The van der Waals surface area contributed by atoms with Gasteiger partial charge in [0.1, 0.15) is 5.75 Å². The van der Waals surface area contributed by atoms with Crippen LogP contribution in [0.4, 0.5) is 0 Å². The van der Waals surface area contributed by atoms with Gasteiger partial charge in [0.2, 0.25) is 5.91 Å². The molecule has 1 amide bonds. The fourth-order valence-electron chi connectivity index (χ4n) is 1.95. The van der Waals surface area contributed by atoms with Crippen molar-refractivity contribution in [2.45, 2.75) is 18.3 Å². The molecule has 1 fully saturated rings. The smallest absolute Gasteiger partial charge is 0.224 e. The molecule has 2 rings (SSSR count). The minimum Gasteiger partial charge on any atom is -0.496 e. The van der Waals surface area contributed by atoms with Gasteiger partial charge in [-0.3, -0.25) is 4.79 Å². The van der Waals surface area contributed by atoms with E-state index in [0.29, 0.717) is 19.5 Å². The lowest BCUT2D eigenvalue weighted by atomic mass is 10.2. The van der Waals surface area contributed by atoms with E-state index >= 15 is 0 Å². The van der Waals surface area contributed by atoms with Crippen LogP contribution in [0, 0.1) is 0 Å². The topological polar surface area (TPSA) is 29.5 Å². The minimum atomic E-state index is -0.0688. The number of nitrogens with zero attached hydrogens (tertiary/aromatic N) is 1. The molecule has 0 radical (unpaired) electrons. The predicted molar refractivity (Wildman–Crippen MR) is 70.4 cm³/mol. The van der Waals surface area contributed by atoms with Crippen LogP contribution in [0.3, 0.4) is 0 Å². The number of amides is 1. The molecule has 1 aromatic carbocycles. The molecule has 0 saturated carbocycles.